The molecule has 5 heteroatoms. The summed E-state index contributed by atoms with van der Waals surface area (Å²) in [6, 6.07) is 4.91. The molecule has 3 rings (SSSR count). The van der Waals surface area contributed by atoms with Gasteiger partial charge >= 0.3 is 0 Å². The molecule has 0 atom stereocenters. The first-order valence-electron chi connectivity index (χ1n) is 5.76. The molecule has 90 valence electrons. The first-order valence-corrected chi connectivity index (χ1v) is 5.76. The summed E-state index contributed by atoms with van der Waals surface area (Å²) in [6.45, 7) is 0.713. The van der Waals surface area contributed by atoms with Crippen LogP contribution in [0.1, 0.15) is 12.8 Å². The van der Waals surface area contributed by atoms with Crippen molar-refractivity contribution >= 4 is 11.0 Å². The number of fused-ring (bicyclic) bond motifs is 1. The normalized spacial score (nSPS) is 23.6. The van der Waals surface area contributed by atoms with E-state index >= 15 is 0 Å². The summed E-state index contributed by atoms with van der Waals surface area (Å²) >= 11 is 0. The molecule has 0 bridgehead atoms. The molecule has 0 radical (unpaired) electrons. The van der Waals surface area contributed by atoms with Gasteiger partial charge in [0.2, 0.25) is 0 Å². The Bertz CT molecular complexity index is 534. The van der Waals surface area contributed by atoms with Crippen molar-refractivity contribution in [3.63, 3.8) is 0 Å². The van der Waals surface area contributed by atoms with Crippen LogP contribution in [0.3, 0.4) is 0 Å². The standard InChI is InChI=1S/C12H14FN3O/c13-8-1-2-10-11(5-8)16-12(15-10)17-9-3-7(4-9)6-14/h1-2,5,7,9H,3-4,6,14H2,(H,15,16). The van der Waals surface area contributed by atoms with Crippen molar-refractivity contribution < 1.29 is 9.13 Å². The fourth-order valence-electron chi connectivity index (χ4n) is 2.14. The van der Waals surface area contributed by atoms with Crippen molar-refractivity contribution in [1.29, 1.82) is 0 Å². The van der Waals surface area contributed by atoms with E-state index in [1.54, 1.807) is 6.07 Å². The number of imidazole rings is 1. The molecule has 3 N–H and O–H groups in total. The summed E-state index contributed by atoms with van der Waals surface area (Å²) in [6.07, 6.45) is 2.14. The molecule has 1 aliphatic rings. The Labute approximate surface area is 98.0 Å². The van der Waals surface area contributed by atoms with E-state index in [0.29, 0.717) is 24.0 Å². The molecule has 1 aromatic carbocycles. The zero-order valence-corrected chi connectivity index (χ0v) is 9.32. The van der Waals surface area contributed by atoms with Gasteiger partial charge in [-0.25, -0.2) is 4.39 Å². The van der Waals surface area contributed by atoms with Gasteiger partial charge in [-0.3, -0.25) is 0 Å². The Morgan fingerprint density at radius 2 is 2.29 bits per heavy atom. The molecule has 1 heterocycles. The van der Waals surface area contributed by atoms with Crippen LogP contribution in [0.4, 0.5) is 4.39 Å². The lowest BCUT2D eigenvalue weighted by molar-refractivity contribution is 0.0615. The molecule has 0 unspecified atom stereocenters. The van der Waals surface area contributed by atoms with Crippen LogP contribution >= 0.6 is 0 Å². The zero-order valence-electron chi connectivity index (χ0n) is 9.32. The largest absolute Gasteiger partial charge is 0.461 e. The number of nitrogens with one attached hydrogen (secondary N) is 1. The van der Waals surface area contributed by atoms with Gasteiger partial charge in [0.25, 0.3) is 6.01 Å². The minimum absolute atomic E-state index is 0.189. The van der Waals surface area contributed by atoms with Gasteiger partial charge in [-0.2, -0.15) is 4.98 Å². The smallest absolute Gasteiger partial charge is 0.294 e. The maximum Gasteiger partial charge on any atom is 0.294 e. The predicted molar refractivity (Wildman–Crippen MR) is 62.2 cm³/mol. The van der Waals surface area contributed by atoms with Crippen LogP contribution in [0, 0.1) is 11.7 Å². The molecule has 0 saturated heterocycles. The van der Waals surface area contributed by atoms with E-state index in [9.17, 15) is 4.39 Å². The van der Waals surface area contributed by atoms with E-state index in [1.165, 1.54) is 12.1 Å². The number of benzene rings is 1. The molecule has 4 nitrogen and oxygen atoms in total. The van der Waals surface area contributed by atoms with Gasteiger partial charge in [0.05, 0.1) is 11.0 Å². The number of halogens is 1. The highest BCUT2D eigenvalue weighted by Crippen LogP contribution is 2.30. The number of aromatic nitrogens is 2. The number of nitrogens with zero attached hydrogens (tertiary/aromatic N) is 1. The second kappa shape index (κ2) is 4.00. The van der Waals surface area contributed by atoms with Crippen LogP contribution in [0.2, 0.25) is 0 Å². The van der Waals surface area contributed by atoms with E-state index < -0.39 is 0 Å². The van der Waals surface area contributed by atoms with Gasteiger partial charge in [-0.1, -0.05) is 0 Å². The highest BCUT2D eigenvalue weighted by molar-refractivity contribution is 5.75. The molecule has 2 aromatic rings. The van der Waals surface area contributed by atoms with Crippen LogP contribution in [-0.4, -0.2) is 22.6 Å². The maximum absolute atomic E-state index is 13.0. The van der Waals surface area contributed by atoms with Gasteiger partial charge in [-0.15, -0.1) is 0 Å². The Morgan fingerprint density at radius 1 is 1.47 bits per heavy atom. The zero-order chi connectivity index (χ0) is 11.8. The summed E-state index contributed by atoms with van der Waals surface area (Å²) in [5, 5.41) is 0. The number of H-pyrrole nitrogens is 1. The van der Waals surface area contributed by atoms with Gasteiger partial charge in [0.1, 0.15) is 11.9 Å². The molecule has 17 heavy (non-hydrogen) atoms. The summed E-state index contributed by atoms with van der Waals surface area (Å²) in [5.74, 6) is 0.293. The van der Waals surface area contributed by atoms with Gasteiger partial charge in [0, 0.05) is 0 Å². The Morgan fingerprint density at radius 3 is 3.06 bits per heavy atom. The van der Waals surface area contributed by atoms with Gasteiger partial charge < -0.3 is 15.5 Å². The summed E-state index contributed by atoms with van der Waals surface area (Å²) in [4.78, 5) is 7.21. The molecule has 0 aliphatic heterocycles. The average Bonchev–Trinajstić information content (AvgIpc) is 2.64. The second-order valence-electron chi connectivity index (χ2n) is 4.52. The van der Waals surface area contributed by atoms with Crippen LogP contribution in [0.25, 0.3) is 11.0 Å². The number of aromatic amines is 1. The minimum Gasteiger partial charge on any atom is -0.461 e. The number of hydrogen-bond acceptors (Lipinski definition) is 3. The second-order valence-corrected chi connectivity index (χ2v) is 4.52. The monoisotopic (exact) mass is 235 g/mol. The number of nitrogens with two attached hydrogens (primary N) is 1. The molecule has 1 aliphatic carbocycles. The van der Waals surface area contributed by atoms with Crippen LogP contribution < -0.4 is 10.5 Å². The molecule has 0 spiro atoms. The SMILES string of the molecule is NCC1CC(Oc2nc3ccc(F)cc3[nH]2)C1. The van der Waals surface area contributed by atoms with E-state index in [1.807, 2.05) is 0 Å². The van der Waals surface area contributed by atoms with Crippen molar-refractivity contribution in [1.82, 2.24) is 9.97 Å². The van der Waals surface area contributed by atoms with E-state index in [2.05, 4.69) is 9.97 Å². The highest BCUT2D eigenvalue weighted by Gasteiger charge is 2.30. The third-order valence-corrected chi connectivity index (χ3v) is 3.23. The molecule has 0 amide bonds. The van der Waals surface area contributed by atoms with E-state index in [0.717, 1.165) is 18.4 Å². The van der Waals surface area contributed by atoms with Crippen LogP contribution in [0.5, 0.6) is 6.01 Å². The van der Waals surface area contributed by atoms with Crippen molar-refractivity contribution in [3.05, 3.63) is 24.0 Å². The van der Waals surface area contributed by atoms with Crippen molar-refractivity contribution in [2.75, 3.05) is 6.54 Å². The third-order valence-electron chi connectivity index (χ3n) is 3.23. The summed E-state index contributed by atoms with van der Waals surface area (Å²) in [5.41, 5.74) is 6.93. The molecule has 1 saturated carbocycles. The van der Waals surface area contributed by atoms with Crippen molar-refractivity contribution in [2.24, 2.45) is 11.7 Å². The fourth-order valence-corrected chi connectivity index (χ4v) is 2.14. The third kappa shape index (κ3) is 1.98. The molecular formula is C12H14FN3O. The first-order chi connectivity index (χ1) is 8.24. The highest BCUT2D eigenvalue weighted by atomic mass is 19.1. The van der Waals surface area contributed by atoms with Gasteiger partial charge in [-0.05, 0) is 43.5 Å². The first kappa shape index (κ1) is 10.5. The fraction of sp³-hybridized carbons (Fsp3) is 0.417. The molecular weight excluding hydrogens is 221 g/mol. The molecule has 1 aromatic heterocycles. The lowest BCUT2D eigenvalue weighted by Crippen LogP contribution is -2.37. The van der Waals surface area contributed by atoms with Crippen molar-refractivity contribution in [2.45, 2.75) is 18.9 Å². The van der Waals surface area contributed by atoms with E-state index in [-0.39, 0.29) is 11.9 Å². The minimum atomic E-state index is -0.278. The number of ether oxygens (including phenoxy) is 1. The maximum atomic E-state index is 13.0. The predicted octanol–water partition coefficient (Wildman–Crippen LogP) is 1.82. The van der Waals surface area contributed by atoms with Crippen LogP contribution in [-0.2, 0) is 0 Å². The van der Waals surface area contributed by atoms with Gasteiger partial charge in [0.15, 0.2) is 0 Å². The topological polar surface area (TPSA) is 63.9 Å². The molecule has 1 fully saturated rings. The summed E-state index contributed by atoms with van der Waals surface area (Å²) < 4.78 is 18.6. The number of hydrogen-bond donors (Lipinski definition) is 2. The average molecular weight is 235 g/mol. The van der Waals surface area contributed by atoms with Crippen molar-refractivity contribution in [3.8, 4) is 6.01 Å². The Balaban J connectivity index is 1.73. The van der Waals surface area contributed by atoms with Crippen LogP contribution in [0.15, 0.2) is 18.2 Å². The lowest BCUT2D eigenvalue weighted by Gasteiger charge is -2.33. The Kier molecular flexibility index (Phi) is 2.48. The quantitative estimate of drug-likeness (QED) is 0.852. The summed E-state index contributed by atoms with van der Waals surface area (Å²) in [7, 11) is 0. The number of rotatable bonds is 3. The van der Waals surface area contributed by atoms with E-state index in [4.69, 9.17) is 10.5 Å². The Hall–Kier alpha value is -1.62. The lowest BCUT2D eigenvalue weighted by atomic mass is 9.82.